The molecule has 0 bridgehead atoms. The van der Waals surface area contributed by atoms with Gasteiger partial charge in [0.05, 0.1) is 12.1 Å². The number of rotatable bonds is 6. The number of nitriles is 2. The second kappa shape index (κ2) is 4.69. The zero-order valence-corrected chi connectivity index (χ0v) is 13.1. The third-order valence-corrected chi connectivity index (χ3v) is 5.40. The minimum Gasteiger partial charge on any atom is -0.317 e. The minimum absolute atomic E-state index is 0.289. The van der Waals surface area contributed by atoms with Gasteiger partial charge in [-0.05, 0) is 12.8 Å². The van der Waals surface area contributed by atoms with Crippen molar-refractivity contribution in [2.75, 3.05) is 14.2 Å². The van der Waals surface area contributed by atoms with Crippen LogP contribution in [0.1, 0.15) is 39.5 Å². The first-order chi connectivity index (χ1) is 9.99. The summed E-state index contributed by atoms with van der Waals surface area (Å²) in [7, 11) is 2.94. The van der Waals surface area contributed by atoms with E-state index in [1.54, 1.807) is 0 Å². The molecule has 6 heteroatoms. The Bertz CT molecular complexity index is 549. The van der Waals surface area contributed by atoms with Crippen LogP contribution in [0, 0.1) is 38.9 Å². The number of nitrogens with zero attached hydrogens (tertiary/aromatic N) is 2. The van der Waals surface area contributed by atoms with Gasteiger partial charge in [0.25, 0.3) is 5.84 Å². The predicted molar refractivity (Wildman–Crippen MR) is 75.2 cm³/mol. The minimum atomic E-state index is -1.37. The summed E-state index contributed by atoms with van der Waals surface area (Å²) in [6.45, 7) is 4.10. The van der Waals surface area contributed by atoms with E-state index in [1.807, 2.05) is 13.8 Å². The molecule has 0 radical (unpaired) electrons. The molecule has 2 rings (SSSR count). The molecule has 6 nitrogen and oxygen atoms in total. The third-order valence-electron chi connectivity index (χ3n) is 5.40. The molecule has 0 aromatic rings. The number of nitrogens with one attached hydrogen (secondary N) is 1. The molecule has 1 heterocycles. The van der Waals surface area contributed by atoms with Gasteiger partial charge in [0.1, 0.15) is 0 Å². The molecule has 0 amide bonds. The van der Waals surface area contributed by atoms with E-state index in [1.165, 1.54) is 14.2 Å². The molecule has 0 spiro atoms. The van der Waals surface area contributed by atoms with E-state index < -0.39 is 22.2 Å². The molecule has 0 aromatic heterocycles. The van der Waals surface area contributed by atoms with Crippen molar-refractivity contribution in [1.29, 1.82) is 10.5 Å². The summed E-state index contributed by atoms with van der Waals surface area (Å²) in [5, 5.41) is 19.9. The molecule has 0 aromatic carbocycles. The van der Waals surface area contributed by atoms with E-state index in [4.69, 9.17) is 15.2 Å². The molecule has 1 saturated carbocycles. The maximum absolute atomic E-state index is 10.00. The van der Waals surface area contributed by atoms with Crippen molar-refractivity contribution in [3.8, 4) is 12.1 Å². The highest BCUT2D eigenvalue weighted by Gasteiger charge is 3.02. The largest absolute Gasteiger partial charge is 0.342 e. The molecule has 0 saturated heterocycles. The fourth-order valence-corrected chi connectivity index (χ4v) is 4.81. The van der Waals surface area contributed by atoms with Gasteiger partial charge in [-0.25, -0.2) is 4.99 Å². The van der Waals surface area contributed by atoms with Crippen LogP contribution in [0.15, 0.2) is 0 Å². The van der Waals surface area contributed by atoms with Crippen LogP contribution in [0.5, 0.6) is 0 Å². The Morgan fingerprint density at radius 3 is 1.95 bits per heavy atom. The van der Waals surface area contributed by atoms with Crippen LogP contribution in [-0.2, 0) is 9.47 Å². The summed E-state index contributed by atoms with van der Waals surface area (Å²) < 4.78 is 11.1. The lowest BCUT2D eigenvalue weighted by Gasteiger charge is -2.31. The number of nitrogens with two attached hydrogens (primary N) is 1. The van der Waals surface area contributed by atoms with Crippen molar-refractivity contribution < 1.29 is 14.5 Å². The Balaban J connectivity index is 2.75. The Labute approximate surface area is 125 Å². The molecule has 1 aliphatic carbocycles. The van der Waals surface area contributed by atoms with Crippen molar-refractivity contribution >= 4 is 5.84 Å². The van der Waals surface area contributed by atoms with Crippen LogP contribution in [0.2, 0.25) is 0 Å². The van der Waals surface area contributed by atoms with Gasteiger partial charge < -0.3 is 9.47 Å². The summed E-state index contributed by atoms with van der Waals surface area (Å²) in [5.41, 5.74) is 3.44. The Hall–Kier alpha value is -1.63. The van der Waals surface area contributed by atoms with E-state index in [9.17, 15) is 10.5 Å². The highest BCUT2D eigenvalue weighted by molar-refractivity contribution is 5.94. The number of methoxy groups -OCH3 is 2. The highest BCUT2D eigenvalue weighted by atomic mass is 16.7. The summed E-state index contributed by atoms with van der Waals surface area (Å²) in [5.74, 6) is -1.08. The number of fused-ring (bicyclic) bond motifs is 1. The lowest BCUT2D eigenvalue weighted by molar-refractivity contribution is -0.690. The molecule has 0 unspecified atom stereocenters. The van der Waals surface area contributed by atoms with E-state index in [0.717, 1.165) is 25.7 Å². The van der Waals surface area contributed by atoms with Gasteiger partial charge in [0, 0.05) is 19.6 Å². The fraction of sp³-hybridized carbons (Fsp3) is 0.800. The second-order valence-electron chi connectivity index (χ2n) is 5.87. The first-order valence-corrected chi connectivity index (χ1v) is 7.33. The Kier molecular flexibility index (Phi) is 3.52. The van der Waals surface area contributed by atoms with Crippen LogP contribution in [-0.4, -0.2) is 26.0 Å². The van der Waals surface area contributed by atoms with Crippen LogP contribution < -0.4 is 10.7 Å². The first kappa shape index (κ1) is 15.8. The van der Waals surface area contributed by atoms with Gasteiger partial charge >= 0.3 is 5.91 Å². The van der Waals surface area contributed by atoms with E-state index in [2.05, 4.69) is 17.1 Å². The Morgan fingerprint density at radius 2 is 1.62 bits per heavy atom. The smallest absolute Gasteiger partial charge is 0.317 e. The average molecular weight is 291 g/mol. The van der Waals surface area contributed by atoms with Crippen molar-refractivity contribution in [2.45, 2.75) is 45.4 Å². The zero-order valence-electron chi connectivity index (χ0n) is 13.1. The molecule has 3 N–H and O–H groups in total. The van der Waals surface area contributed by atoms with E-state index >= 15 is 0 Å². The number of ether oxygens (including phenoxy) is 2. The van der Waals surface area contributed by atoms with E-state index in [0.29, 0.717) is 0 Å². The van der Waals surface area contributed by atoms with Crippen LogP contribution in [0.3, 0.4) is 0 Å². The van der Waals surface area contributed by atoms with Crippen LogP contribution in [0.4, 0.5) is 0 Å². The average Bonchev–Trinajstić information content (AvgIpc) is 2.91. The van der Waals surface area contributed by atoms with Crippen molar-refractivity contribution in [3.05, 3.63) is 0 Å². The van der Waals surface area contributed by atoms with Crippen molar-refractivity contribution in [3.63, 3.8) is 0 Å². The number of hydrogen-bond acceptors (Lipinski definition) is 5. The molecular formula is C15H23N4O2+. The zero-order chi connectivity index (χ0) is 15.9. The molecular weight excluding hydrogens is 268 g/mol. The summed E-state index contributed by atoms with van der Waals surface area (Å²) in [6, 6.07) is 4.69. The van der Waals surface area contributed by atoms with Crippen LogP contribution in [0.25, 0.3) is 0 Å². The monoisotopic (exact) mass is 291 g/mol. The number of hydrogen-bond donors (Lipinski definition) is 2. The maximum atomic E-state index is 10.00. The topological polar surface area (TPSA) is 106 Å². The van der Waals surface area contributed by atoms with Crippen LogP contribution >= 0.6 is 0 Å². The van der Waals surface area contributed by atoms with Gasteiger partial charge in [-0.2, -0.15) is 10.5 Å². The molecule has 1 fully saturated rings. The molecule has 2 atom stereocenters. The number of amidine groups is 1. The van der Waals surface area contributed by atoms with Crippen molar-refractivity contribution in [2.24, 2.45) is 22.0 Å². The summed E-state index contributed by atoms with van der Waals surface area (Å²) in [4.78, 5) is 2.93. The highest BCUT2D eigenvalue weighted by Crippen LogP contribution is 2.85. The van der Waals surface area contributed by atoms with Gasteiger partial charge in [-0.15, -0.1) is 0 Å². The SMILES string of the molecule is CCCC1(CCC)[C@@]2(C#N)C(OC)(OC)[NH+]=C(N)[C@@]12C#N. The van der Waals surface area contributed by atoms with Gasteiger partial charge in [0.2, 0.25) is 0 Å². The standard InChI is InChI=1S/C15H22N4O2/c1-5-7-12(8-6-2)13(9-16)11(18)19-15(20-3,21-4)14(12,13)10-17/h5-8H2,1-4H3,(H2,18,19)/p+1/t13-,14+/m0/s1. The fourth-order valence-electron chi connectivity index (χ4n) is 4.81. The van der Waals surface area contributed by atoms with Gasteiger partial charge in [-0.1, -0.05) is 26.7 Å². The quantitative estimate of drug-likeness (QED) is 0.670. The summed E-state index contributed by atoms with van der Waals surface area (Å²) >= 11 is 0. The second-order valence-corrected chi connectivity index (χ2v) is 5.87. The summed E-state index contributed by atoms with van der Waals surface area (Å²) in [6.07, 6.45) is 3.20. The normalized spacial score (nSPS) is 34.5. The Morgan fingerprint density at radius 1 is 1.10 bits per heavy atom. The lowest BCUT2D eigenvalue weighted by Crippen LogP contribution is -2.91. The molecule has 1 aliphatic heterocycles. The third kappa shape index (κ3) is 1.23. The predicted octanol–water partition coefficient (Wildman–Crippen LogP) is 0.00456. The van der Waals surface area contributed by atoms with Crippen molar-refractivity contribution in [1.82, 2.24) is 0 Å². The maximum Gasteiger partial charge on any atom is 0.342 e. The molecule has 2 aliphatic rings. The lowest BCUT2D eigenvalue weighted by atomic mass is 9.81. The molecule has 114 valence electrons. The van der Waals surface area contributed by atoms with Gasteiger partial charge in [-0.3, -0.25) is 5.73 Å². The van der Waals surface area contributed by atoms with E-state index in [-0.39, 0.29) is 5.84 Å². The van der Waals surface area contributed by atoms with Gasteiger partial charge in [0.15, 0.2) is 10.8 Å². The molecule has 21 heavy (non-hydrogen) atoms. The first-order valence-electron chi connectivity index (χ1n) is 7.33.